The Morgan fingerprint density at radius 2 is 2.00 bits per heavy atom. The molecule has 0 spiro atoms. The van der Waals surface area contributed by atoms with Gasteiger partial charge in [0.2, 0.25) is 0 Å². The molecule has 0 radical (unpaired) electrons. The summed E-state index contributed by atoms with van der Waals surface area (Å²) in [6.45, 7) is 0. The Morgan fingerprint density at radius 3 is 2.68 bits per heavy atom. The van der Waals surface area contributed by atoms with Gasteiger partial charge in [-0.1, -0.05) is 30.3 Å². The number of rotatable bonds is 4. The lowest BCUT2D eigenvalue weighted by Gasteiger charge is -2.05. The minimum atomic E-state index is -1.29. The number of benzene rings is 1. The van der Waals surface area contributed by atoms with Crippen molar-refractivity contribution in [1.82, 2.24) is 5.43 Å². The lowest BCUT2D eigenvalue weighted by Crippen LogP contribution is -2.24. The summed E-state index contributed by atoms with van der Waals surface area (Å²) in [7, 11) is 0. The predicted molar refractivity (Wildman–Crippen MR) is 70.2 cm³/mol. The fourth-order valence-electron chi connectivity index (χ4n) is 1.42. The number of hydrogen-bond acceptors (Lipinski definition) is 5. The molecule has 0 saturated heterocycles. The van der Waals surface area contributed by atoms with Gasteiger partial charge in [0.25, 0.3) is 5.91 Å². The highest BCUT2D eigenvalue weighted by Gasteiger charge is 2.04. The molecule has 19 heavy (non-hydrogen) atoms. The minimum absolute atomic E-state index is 0.0247. The molecule has 1 aromatic heterocycles. The third-order valence-electron chi connectivity index (χ3n) is 2.30. The van der Waals surface area contributed by atoms with Crippen molar-refractivity contribution >= 4 is 29.4 Å². The van der Waals surface area contributed by atoms with E-state index in [1.807, 2.05) is 0 Å². The molecule has 1 N–H and O–H groups in total. The summed E-state index contributed by atoms with van der Waals surface area (Å²) in [5, 5.41) is 16.4. The second-order valence-electron chi connectivity index (χ2n) is 3.55. The number of carboxylic acid groups (broad SMARTS) is 1. The number of amides is 1. The van der Waals surface area contributed by atoms with Crippen LogP contribution in [0.1, 0.15) is 25.6 Å². The average Bonchev–Trinajstić information content (AvgIpc) is 2.93. The number of aromatic carboxylic acids is 1. The number of nitrogens with zero attached hydrogens (tertiary/aromatic N) is 1. The van der Waals surface area contributed by atoms with E-state index in [1.165, 1.54) is 23.6 Å². The molecule has 1 amide bonds. The van der Waals surface area contributed by atoms with Crippen molar-refractivity contribution in [3.8, 4) is 0 Å². The van der Waals surface area contributed by atoms with Crippen molar-refractivity contribution in [2.45, 2.75) is 0 Å². The topological polar surface area (TPSA) is 81.6 Å². The molecule has 0 aliphatic heterocycles. The van der Waals surface area contributed by atoms with E-state index >= 15 is 0 Å². The van der Waals surface area contributed by atoms with E-state index in [0.717, 1.165) is 0 Å². The van der Waals surface area contributed by atoms with Gasteiger partial charge in [0.1, 0.15) is 0 Å². The average molecular weight is 273 g/mol. The quantitative estimate of drug-likeness (QED) is 0.663. The molecule has 96 valence electrons. The van der Waals surface area contributed by atoms with E-state index in [-0.39, 0.29) is 11.5 Å². The van der Waals surface area contributed by atoms with Gasteiger partial charge in [-0.15, -0.1) is 11.3 Å². The summed E-state index contributed by atoms with van der Waals surface area (Å²) in [4.78, 5) is 23.0. The maximum atomic E-state index is 11.6. The Kier molecular flexibility index (Phi) is 4.04. The first-order chi connectivity index (χ1) is 9.18. The van der Waals surface area contributed by atoms with Crippen LogP contribution in [-0.2, 0) is 0 Å². The van der Waals surface area contributed by atoms with Crippen LogP contribution in [0.15, 0.2) is 46.9 Å². The summed E-state index contributed by atoms with van der Waals surface area (Å²) >= 11 is 1.30. The van der Waals surface area contributed by atoms with E-state index in [1.54, 1.807) is 35.7 Å². The lowest BCUT2D eigenvalue weighted by atomic mass is 10.1. The van der Waals surface area contributed by atoms with E-state index < -0.39 is 5.97 Å². The molecular formula is C13H9N2O3S-. The Bertz CT molecular complexity index is 621. The van der Waals surface area contributed by atoms with Crippen molar-refractivity contribution in [2.75, 3.05) is 0 Å². The van der Waals surface area contributed by atoms with Crippen LogP contribution in [0, 0.1) is 0 Å². The highest BCUT2D eigenvalue weighted by atomic mass is 32.1. The molecule has 6 heteroatoms. The molecule has 0 unspecified atom stereocenters. The van der Waals surface area contributed by atoms with E-state index in [9.17, 15) is 14.7 Å². The maximum Gasteiger partial charge on any atom is 0.281 e. The van der Waals surface area contributed by atoms with Crippen LogP contribution in [0.3, 0.4) is 0 Å². The summed E-state index contributed by atoms with van der Waals surface area (Å²) < 4.78 is 0. The van der Waals surface area contributed by atoms with Gasteiger partial charge >= 0.3 is 0 Å². The maximum absolute atomic E-state index is 11.6. The predicted octanol–water partition coefficient (Wildman–Crippen LogP) is 0.875. The van der Waals surface area contributed by atoms with Gasteiger partial charge < -0.3 is 9.90 Å². The molecule has 0 atom stereocenters. The fraction of sp³-hybridized carbons (Fsp3) is 0. The zero-order valence-corrected chi connectivity index (χ0v) is 10.5. The van der Waals surface area contributed by atoms with Crippen molar-refractivity contribution < 1.29 is 14.7 Å². The largest absolute Gasteiger partial charge is 0.545 e. The van der Waals surface area contributed by atoms with Gasteiger partial charge in [0.05, 0.1) is 17.1 Å². The van der Waals surface area contributed by atoms with Crippen LogP contribution in [0.2, 0.25) is 0 Å². The highest BCUT2D eigenvalue weighted by molar-refractivity contribution is 7.12. The Morgan fingerprint density at radius 1 is 1.21 bits per heavy atom. The molecule has 0 aliphatic carbocycles. The Labute approximate surface area is 113 Å². The van der Waals surface area contributed by atoms with Crippen LogP contribution < -0.4 is 10.5 Å². The van der Waals surface area contributed by atoms with Crippen LogP contribution in [-0.4, -0.2) is 18.1 Å². The SMILES string of the molecule is O=C(N/N=C\c1ccccc1C(=O)[O-])c1cccs1. The van der Waals surface area contributed by atoms with Crippen LogP contribution in [0.4, 0.5) is 0 Å². The first-order valence-electron chi connectivity index (χ1n) is 5.36. The molecule has 0 bridgehead atoms. The Hall–Kier alpha value is -2.47. The van der Waals surface area contributed by atoms with Crippen molar-refractivity contribution in [1.29, 1.82) is 0 Å². The first kappa shape index (κ1) is 13.0. The van der Waals surface area contributed by atoms with E-state index in [2.05, 4.69) is 10.5 Å². The molecule has 0 aliphatic rings. The zero-order chi connectivity index (χ0) is 13.7. The summed E-state index contributed by atoms with van der Waals surface area (Å²) in [5.41, 5.74) is 2.72. The first-order valence-corrected chi connectivity index (χ1v) is 6.24. The summed E-state index contributed by atoms with van der Waals surface area (Å²) in [6.07, 6.45) is 1.27. The Balaban J connectivity index is 2.07. The molecule has 2 rings (SSSR count). The molecule has 1 aromatic carbocycles. The third kappa shape index (κ3) is 3.26. The number of hydrogen-bond donors (Lipinski definition) is 1. The fourth-order valence-corrected chi connectivity index (χ4v) is 2.03. The number of hydrazone groups is 1. The standard InChI is InChI=1S/C13H10N2O3S/c16-12(11-6-3-7-19-11)15-14-8-9-4-1-2-5-10(9)13(17)18/h1-8H,(H,15,16)(H,17,18)/p-1/b14-8-. The van der Waals surface area contributed by atoms with Gasteiger partial charge in [-0.25, -0.2) is 5.43 Å². The zero-order valence-electron chi connectivity index (χ0n) is 9.70. The molecule has 0 fully saturated rings. The van der Waals surface area contributed by atoms with Gasteiger partial charge in [0.15, 0.2) is 0 Å². The smallest absolute Gasteiger partial charge is 0.281 e. The highest BCUT2D eigenvalue weighted by Crippen LogP contribution is 2.08. The van der Waals surface area contributed by atoms with Gasteiger partial charge in [0, 0.05) is 11.1 Å². The number of carbonyl (C=O) groups is 2. The van der Waals surface area contributed by atoms with Crippen LogP contribution in [0.5, 0.6) is 0 Å². The molecule has 1 heterocycles. The number of thiophene rings is 1. The summed E-state index contributed by atoms with van der Waals surface area (Å²) in [5.74, 6) is -1.62. The van der Waals surface area contributed by atoms with Crippen LogP contribution in [0.25, 0.3) is 0 Å². The van der Waals surface area contributed by atoms with Gasteiger partial charge in [-0.3, -0.25) is 4.79 Å². The summed E-state index contributed by atoms with van der Waals surface area (Å²) in [6, 6.07) is 9.69. The number of carboxylic acids is 1. The van der Waals surface area contributed by atoms with Gasteiger partial charge in [-0.05, 0) is 11.4 Å². The molecule has 2 aromatic rings. The number of carbonyl (C=O) groups excluding carboxylic acids is 2. The molecule has 5 nitrogen and oxygen atoms in total. The minimum Gasteiger partial charge on any atom is -0.545 e. The molecular weight excluding hydrogens is 264 g/mol. The second kappa shape index (κ2) is 5.92. The third-order valence-corrected chi connectivity index (χ3v) is 3.16. The van der Waals surface area contributed by atoms with E-state index in [0.29, 0.717) is 10.4 Å². The normalized spacial score (nSPS) is 10.5. The monoisotopic (exact) mass is 273 g/mol. The van der Waals surface area contributed by atoms with Gasteiger partial charge in [-0.2, -0.15) is 5.10 Å². The van der Waals surface area contributed by atoms with Crippen LogP contribution >= 0.6 is 11.3 Å². The van der Waals surface area contributed by atoms with Crippen molar-refractivity contribution in [3.63, 3.8) is 0 Å². The van der Waals surface area contributed by atoms with E-state index in [4.69, 9.17) is 0 Å². The van der Waals surface area contributed by atoms with Crippen molar-refractivity contribution in [2.24, 2.45) is 5.10 Å². The second-order valence-corrected chi connectivity index (χ2v) is 4.50. The number of nitrogens with one attached hydrogen (secondary N) is 1. The lowest BCUT2D eigenvalue weighted by molar-refractivity contribution is -0.255. The molecule has 0 saturated carbocycles. The van der Waals surface area contributed by atoms with Crippen molar-refractivity contribution in [3.05, 3.63) is 57.8 Å².